The molecule has 0 amide bonds. The average Bonchev–Trinajstić information content (AvgIpc) is 2.85. The van der Waals surface area contributed by atoms with E-state index in [1.807, 2.05) is 0 Å². The number of hydrogen-bond acceptors (Lipinski definition) is 7. The van der Waals surface area contributed by atoms with Crippen LogP contribution in [-0.4, -0.2) is 61.2 Å². The van der Waals surface area contributed by atoms with Crippen LogP contribution in [0.1, 0.15) is 19.3 Å². The first-order chi connectivity index (χ1) is 9.29. The molecular formula is C10H22BN3O5S. The highest BCUT2D eigenvalue weighted by Gasteiger charge is 2.43. The van der Waals surface area contributed by atoms with Gasteiger partial charge < -0.3 is 21.5 Å². The lowest BCUT2D eigenvalue weighted by molar-refractivity contribution is 0.261. The molecule has 2 rings (SSSR count). The molecule has 6 N–H and O–H groups in total. The number of nitrogens with zero attached hydrogens (tertiary/aromatic N) is 1. The minimum Gasteiger partial charge on any atom is -0.427 e. The fourth-order valence-corrected chi connectivity index (χ4v) is 3.81. The molecular weight excluding hydrogens is 285 g/mol. The van der Waals surface area contributed by atoms with Crippen molar-refractivity contribution in [2.45, 2.75) is 43.8 Å². The zero-order chi connectivity index (χ0) is 14.9. The van der Waals surface area contributed by atoms with Gasteiger partial charge in [0.05, 0.1) is 6.10 Å². The smallest absolute Gasteiger partial charge is 0.427 e. The Morgan fingerprint density at radius 3 is 2.45 bits per heavy atom. The summed E-state index contributed by atoms with van der Waals surface area (Å²) in [6.07, 6.45) is 1.69. The molecule has 0 aromatic rings. The highest BCUT2D eigenvalue weighted by atomic mass is 32.2. The summed E-state index contributed by atoms with van der Waals surface area (Å²) in [6.45, 7) is 0.545. The minimum absolute atomic E-state index is 0.0139. The van der Waals surface area contributed by atoms with Gasteiger partial charge >= 0.3 is 17.4 Å². The zero-order valence-corrected chi connectivity index (χ0v) is 12.1. The summed E-state index contributed by atoms with van der Waals surface area (Å²) in [5.74, 6) is 0.0139. The van der Waals surface area contributed by atoms with Gasteiger partial charge in [-0.05, 0) is 25.1 Å². The predicted octanol–water partition coefficient (Wildman–Crippen LogP) is -2.14. The third kappa shape index (κ3) is 4.14. The van der Waals surface area contributed by atoms with Crippen LogP contribution in [0.4, 0.5) is 0 Å². The maximum absolute atomic E-state index is 12.0. The van der Waals surface area contributed by atoms with Crippen molar-refractivity contribution in [1.82, 2.24) is 4.31 Å². The first-order valence-corrected chi connectivity index (χ1v) is 8.22. The van der Waals surface area contributed by atoms with Crippen molar-refractivity contribution < 1.29 is 22.6 Å². The molecule has 0 unspecified atom stereocenters. The van der Waals surface area contributed by atoms with E-state index >= 15 is 0 Å². The van der Waals surface area contributed by atoms with Crippen LogP contribution in [0.3, 0.4) is 0 Å². The average molecular weight is 307 g/mol. The quantitative estimate of drug-likeness (QED) is 0.394. The molecule has 0 aromatic carbocycles. The van der Waals surface area contributed by atoms with Crippen LogP contribution < -0.4 is 11.5 Å². The molecule has 0 aromatic heterocycles. The largest absolute Gasteiger partial charge is 0.451 e. The molecule has 1 saturated heterocycles. The summed E-state index contributed by atoms with van der Waals surface area (Å²) < 4.78 is 30.3. The van der Waals surface area contributed by atoms with E-state index in [4.69, 9.17) is 25.7 Å². The Morgan fingerprint density at radius 1 is 1.25 bits per heavy atom. The molecule has 8 nitrogen and oxygen atoms in total. The molecule has 1 saturated carbocycles. The van der Waals surface area contributed by atoms with Gasteiger partial charge in [0.25, 0.3) is 0 Å². The topological polar surface area (TPSA) is 139 Å². The van der Waals surface area contributed by atoms with Crippen molar-refractivity contribution in [2.75, 3.05) is 13.1 Å². The monoisotopic (exact) mass is 307 g/mol. The Hall–Kier alpha value is -0.225. The molecule has 0 spiro atoms. The molecule has 2 aliphatic rings. The molecule has 10 heteroatoms. The maximum Gasteiger partial charge on any atom is 0.451 e. The van der Waals surface area contributed by atoms with Gasteiger partial charge in [0, 0.05) is 25.2 Å². The third-order valence-corrected chi connectivity index (χ3v) is 5.26. The van der Waals surface area contributed by atoms with Crippen LogP contribution in [0.25, 0.3) is 0 Å². The molecule has 20 heavy (non-hydrogen) atoms. The molecule has 1 aliphatic heterocycles. The Bertz CT molecular complexity index is 435. The summed E-state index contributed by atoms with van der Waals surface area (Å²) in [6, 6.07) is -0.444. The highest BCUT2D eigenvalue weighted by Crippen LogP contribution is 2.29. The summed E-state index contributed by atoms with van der Waals surface area (Å²) in [4.78, 5) is 0. The predicted molar refractivity (Wildman–Crippen MR) is 73.7 cm³/mol. The van der Waals surface area contributed by atoms with Gasteiger partial charge in [-0.25, -0.2) is 0 Å². The second-order valence-corrected chi connectivity index (χ2v) is 7.21. The van der Waals surface area contributed by atoms with E-state index in [2.05, 4.69) is 0 Å². The summed E-state index contributed by atoms with van der Waals surface area (Å²) in [5.41, 5.74) is 11.5. The van der Waals surface area contributed by atoms with Crippen LogP contribution in [0.15, 0.2) is 0 Å². The van der Waals surface area contributed by atoms with E-state index in [0.29, 0.717) is 25.8 Å². The van der Waals surface area contributed by atoms with Gasteiger partial charge in [-0.1, -0.05) is 6.42 Å². The van der Waals surface area contributed by atoms with Gasteiger partial charge in [0.2, 0.25) is 0 Å². The zero-order valence-electron chi connectivity index (χ0n) is 11.3. The van der Waals surface area contributed by atoms with Crippen LogP contribution in [0.5, 0.6) is 0 Å². The van der Waals surface area contributed by atoms with E-state index in [0.717, 1.165) is 0 Å². The molecule has 1 aliphatic carbocycles. The normalized spacial score (nSPS) is 34.4. The second kappa shape index (κ2) is 6.26. The summed E-state index contributed by atoms with van der Waals surface area (Å²) in [5, 5.41) is 17.6. The lowest BCUT2D eigenvalue weighted by atomic mass is 9.82. The number of hydrogen-bond donors (Lipinski definition) is 4. The molecule has 116 valence electrons. The SMILES string of the molecule is N[C@@H]1C[C@H]1OS(=O)(=O)N1C[C@H](CCCB(O)O)[C@@H](N)C1. The van der Waals surface area contributed by atoms with Crippen molar-refractivity contribution in [1.29, 1.82) is 0 Å². The van der Waals surface area contributed by atoms with E-state index in [1.165, 1.54) is 4.31 Å². The van der Waals surface area contributed by atoms with Crippen molar-refractivity contribution in [2.24, 2.45) is 17.4 Å². The number of rotatable bonds is 7. The third-order valence-electron chi connectivity index (χ3n) is 3.84. The first-order valence-electron chi connectivity index (χ1n) is 6.85. The van der Waals surface area contributed by atoms with Crippen LogP contribution >= 0.6 is 0 Å². The highest BCUT2D eigenvalue weighted by molar-refractivity contribution is 7.84. The van der Waals surface area contributed by atoms with Gasteiger partial charge in [0.1, 0.15) is 0 Å². The molecule has 0 bridgehead atoms. The summed E-state index contributed by atoms with van der Waals surface area (Å²) >= 11 is 0. The first kappa shape index (κ1) is 16.2. The standard InChI is InChI=1S/C10H22BN3O5S/c12-8-4-10(8)19-20(17,18)14-5-7(9(13)6-14)2-1-3-11(15)16/h7-10,15-16H,1-6,12-13H2/t7-,8+,9-,10+/m0/s1. The van der Waals surface area contributed by atoms with Crippen molar-refractivity contribution in [3.05, 3.63) is 0 Å². The Kier molecular flexibility index (Phi) is 5.06. The van der Waals surface area contributed by atoms with Crippen LogP contribution in [-0.2, 0) is 14.5 Å². The lowest BCUT2D eigenvalue weighted by Gasteiger charge is -2.15. The number of nitrogens with two attached hydrogens (primary N) is 2. The molecule has 0 radical (unpaired) electrons. The van der Waals surface area contributed by atoms with Crippen LogP contribution in [0, 0.1) is 5.92 Å². The van der Waals surface area contributed by atoms with E-state index < -0.39 is 23.5 Å². The second-order valence-electron chi connectivity index (χ2n) is 5.64. The van der Waals surface area contributed by atoms with E-state index in [1.54, 1.807) is 0 Å². The lowest BCUT2D eigenvalue weighted by Crippen LogP contribution is -2.34. The van der Waals surface area contributed by atoms with Crippen molar-refractivity contribution >= 4 is 17.4 Å². The van der Waals surface area contributed by atoms with Gasteiger partial charge in [-0.3, -0.25) is 4.18 Å². The fraction of sp³-hybridized carbons (Fsp3) is 1.00. The molecule has 1 heterocycles. The van der Waals surface area contributed by atoms with Gasteiger partial charge in [-0.15, -0.1) is 0 Å². The van der Waals surface area contributed by atoms with E-state index in [-0.39, 0.29) is 30.9 Å². The Morgan fingerprint density at radius 2 is 1.90 bits per heavy atom. The van der Waals surface area contributed by atoms with E-state index in [9.17, 15) is 8.42 Å². The molecule has 4 atom stereocenters. The van der Waals surface area contributed by atoms with Gasteiger partial charge in [-0.2, -0.15) is 12.7 Å². The Labute approximate surface area is 119 Å². The molecule has 2 fully saturated rings. The van der Waals surface area contributed by atoms with Crippen LogP contribution in [0.2, 0.25) is 6.32 Å². The summed E-state index contributed by atoms with van der Waals surface area (Å²) in [7, 11) is -5.09. The van der Waals surface area contributed by atoms with Crippen molar-refractivity contribution in [3.63, 3.8) is 0 Å². The maximum atomic E-state index is 12.0. The van der Waals surface area contributed by atoms with Crippen molar-refractivity contribution in [3.8, 4) is 0 Å². The fourth-order valence-electron chi connectivity index (χ4n) is 2.42. The Balaban J connectivity index is 1.82. The van der Waals surface area contributed by atoms with Gasteiger partial charge in [0.15, 0.2) is 0 Å². The minimum atomic E-state index is -3.76.